The van der Waals surface area contributed by atoms with Gasteiger partial charge in [-0.25, -0.2) is 4.98 Å². The number of carbonyl (C=O) groups is 1. The molecule has 0 saturated carbocycles. The molecular formula is C23H23N5O. The number of benzene rings is 1. The fourth-order valence-electron chi connectivity index (χ4n) is 4.00. The van der Waals surface area contributed by atoms with Crippen LogP contribution in [0.1, 0.15) is 35.3 Å². The number of rotatable bonds is 3. The van der Waals surface area contributed by atoms with E-state index in [1.54, 1.807) is 0 Å². The quantitative estimate of drug-likeness (QED) is 0.637. The van der Waals surface area contributed by atoms with E-state index in [1.165, 1.54) is 5.56 Å². The number of hydrogen-bond acceptors (Lipinski definition) is 4. The minimum Gasteiger partial charge on any atom is -0.368 e. The lowest BCUT2D eigenvalue weighted by atomic mass is 10.0. The summed E-state index contributed by atoms with van der Waals surface area (Å²) >= 11 is 0. The summed E-state index contributed by atoms with van der Waals surface area (Å²) in [5, 5.41) is 6.44. The van der Waals surface area contributed by atoms with Crippen molar-refractivity contribution >= 4 is 23.6 Å². The molecule has 2 aliphatic rings. The number of hydrogen-bond donors (Lipinski definition) is 3. The molecule has 1 amide bonds. The van der Waals surface area contributed by atoms with Crippen LogP contribution in [0.5, 0.6) is 0 Å². The molecule has 29 heavy (non-hydrogen) atoms. The van der Waals surface area contributed by atoms with Crippen molar-refractivity contribution in [3.05, 3.63) is 71.4 Å². The monoisotopic (exact) mass is 385 g/mol. The van der Waals surface area contributed by atoms with Crippen LogP contribution in [0.3, 0.4) is 0 Å². The summed E-state index contributed by atoms with van der Waals surface area (Å²) in [6, 6.07) is 14.0. The molecule has 0 spiro atoms. The topological polar surface area (TPSA) is 73.0 Å². The second kappa shape index (κ2) is 6.51. The predicted molar refractivity (Wildman–Crippen MR) is 116 cm³/mol. The van der Waals surface area contributed by atoms with E-state index in [1.807, 2.05) is 50.4 Å². The third-order valence-electron chi connectivity index (χ3n) is 5.53. The van der Waals surface area contributed by atoms with E-state index in [0.29, 0.717) is 17.9 Å². The molecule has 0 radical (unpaired) electrons. The fraction of sp³-hybridized carbons (Fsp3) is 0.217. The molecule has 0 saturated heterocycles. The van der Waals surface area contributed by atoms with E-state index in [9.17, 15) is 4.79 Å². The van der Waals surface area contributed by atoms with Crippen molar-refractivity contribution in [2.24, 2.45) is 0 Å². The minimum absolute atomic E-state index is 0.0916. The number of aromatic amines is 1. The third kappa shape index (κ3) is 2.97. The Balaban J connectivity index is 1.62. The lowest BCUT2D eigenvalue weighted by Gasteiger charge is -2.44. The van der Waals surface area contributed by atoms with Crippen LogP contribution in [-0.4, -0.2) is 28.1 Å². The van der Waals surface area contributed by atoms with Crippen LogP contribution in [0.15, 0.2) is 54.7 Å². The second-order valence-corrected chi connectivity index (χ2v) is 7.93. The highest BCUT2D eigenvalue weighted by atomic mass is 16.2. The Kier molecular flexibility index (Phi) is 3.94. The fourth-order valence-corrected chi connectivity index (χ4v) is 4.00. The normalized spacial score (nSPS) is 16.6. The van der Waals surface area contributed by atoms with Crippen LogP contribution in [0.4, 0.5) is 11.6 Å². The van der Waals surface area contributed by atoms with E-state index in [0.717, 1.165) is 29.2 Å². The van der Waals surface area contributed by atoms with Gasteiger partial charge in [0.15, 0.2) is 0 Å². The van der Waals surface area contributed by atoms with Crippen molar-refractivity contribution in [2.45, 2.75) is 26.1 Å². The Bertz CT molecular complexity index is 1110. The first-order chi connectivity index (χ1) is 14.0. The highest BCUT2D eigenvalue weighted by molar-refractivity contribution is 6.02. The second-order valence-electron chi connectivity index (χ2n) is 7.93. The van der Waals surface area contributed by atoms with Crippen LogP contribution < -0.4 is 15.5 Å². The molecule has 2 aliphatic heterocycles. The van der Waals surface area contributed by atoms with E-state index in [4.69, 9.17) is 4.98 Å². The zero-order chi connectivity index (χ0) is 20.0. The summed E-state index contributed by atoms with van der Waals surface area (Å²) < 4.78 is 0. The highest BCUT2D eigenvalue weighted by Gasteiger charge is 2.38. The van der Waals surface area contributed by atoms with Crippen LogP contribution in [0.2, 0.25) is 0 Å². The number of anilines is 2. The van der Waals surface area contributed by atoms with Crippen LogP contribution in [0, 0.1) is 0 Å². The van der Waals surface area contributed by atoms with Crippen LogP contribution in [-0.2, 0) is 6.54 Å². The van der Waals surface area contributed by atoms with Crippen LogP contribution in [0.25, 0.3) is 17.3 Å². The van der Waals surface area contributed by atoms with Crippen molar-refractivity contribution in [1.29, 1.82) is 0 Å². The summed E-state index contributed by atoms with van der Waals surface area (Å²) in [7, 11) is 0. The summed E-state index contributed by atoms with van der Waals surface area (Å²) in [4.78, 5) is 23.1. The molecule has 1 aromatic carbocycles. The number of nitrogens with one attached hydrogen (secondary N) is 3. The van der Waals surface area contributed by atoms with Gasteiger partial charge in [0.1, 0.15) is 17.3 Å². The third-order valence-corrected chi connectivity index (χ3v) is 5.53. The largest absolute Gasteiger partial charge is 0.368 e. The zero-order valence-electron chi connectivity index (χ0n) is 16.5. The Morgan fingerprint density at radius 3 is 2.76 bits per heavy atom. The first kappa shape index (κ1) is 17.6. The summed E-state index contributed by atoms with van der Waals surface area (Å²) in [6.07, 6.45) is 6.17. The highest BCUT2D eigenvalue weighted by Crippen LogP contribution is 2.36. The maximum Gasteiger partial charge on any atom is 0.256 e. The average Bonchev–Trinajstić information content (AvgIpc) is 3.15. The molecule has 4 heterocycles. The summed E-state index contributed by atoms with van der Waals surface area (Å²) in [6.45, 7) is 5.49. The number of nitrogens with zero attached hydrogens (tertiary/aromatic N) is 2. The molecule has 2 aromatic heterocycles. The standard InChI is InChI=1S/C23H23N5O/c1-23(2)27-22(29)17-10-11-19(18-13-25-20-16(18)9-6-12-24-20)26-21(17)28(23)14-15-7-4-3-5-8-15/h3-11,13,24-25H,12,14H2,1-2H3,(H,27,29). The molecule has 6 heteroatoms. The number of amides is 1. The molecule has 0 bridgehead atoms. The molecule has 3 N–H and O–H groups in total. The molecular weight excluding hydrogens is 362 g/mol. The van der Waals surface area contributed by atoms with E-state index >= 15 is 0 Å². The molecule has 0 aliphatic carbocycles. The van der Waals surface area contributed by atoms with Gasteiger partial charge in [0, 0.05) is 30.4 Å². The van der Waals surface area contributed by atoms with Gasteiger partial charge in [0.2, 0.25) is 0 Å². The van der Waals surface area contributed by atoms with Crippen molar-refractivity contribution in [2.75, 3.05) is 16.8 Å². The SMILES string of the molecule is CC1(C)NC(=O)c2ccc(-c3c[nH]c4c3C=CCN4)nc2N1Cc1ccccc1. The maximum absolute atomic E-state index is 12.7. The van der Waals surface area contributed by atoms with Gasteiger partial charge in [-0.15, -0.1) is 0 Å². The summed E-state index contributed by atoms with van der Waals surface area (Å²) in [5.41, 5.74) is 4.18. The average molecular weight is 385 g/mol. The van der Waals surface area contributed by atoms with E-state index in [2.05, 4.69) is 44.8 Å². The molecule has 3 aromatic rings. The van der Waals surface area contributed by atoms with E-state index < -0.39 is 5.66 Å². The van der Waals surface area contributed by atoms with Gasteiger partial charge in [0.05, 0.1) is 11.3 Å². The zero-order valence-corrected chi connectivity index (χ0v) is 16.5. The Morgan fingerprint density at radius 1 is 1.10 bits per heavy atom. The molecule has 6 nitrogen and oxygen atoms in total. The number of H-pyrrole nitrogens is 1. The first-order valence-electron chi connectivity index (χ1n) is 9.80. The van der Waals surface area contributed by atoms with Crippen molar-refractivity contribution in [3.8, 4) is 11.3 Å². The van der Waals surface area contributed by atoms with Crippen molar-refractivity contribution < 1.29 is 4.79 Å². The number of pyridine rings is 1. The number of fused-ring (bicyclic) bond motifs is 2. The van der Waals surface area contributed by atoms with Gasteiger partial charge in [-0.2, -0.15) is 0 Å². The smallest absolute Gasteiger partial charge is 0.256 e. The first-order valence-corrected chi connectivity index (χ1v) is 9.80. The Morgan fingerprint density at radius 2 is 1.93 bits per heavy atom. The van der Waals surface area contributed by atoms with Crippen molar-refractivity contribution in [3.63, 3.8) is 0 Å². The number of carbonyl (C=O) groups excluding carboxylic acids is 1. The van der Waals surface area contributed by atoms with Gasteiger partial charge in [0.25, 0.3) is 5.91 Å². The van der Waals surface area contributed by atoms with Gasteiger partial charge in [-0.3, -0.25) is 4.79 Å². The molecule has 0 atom stereocenters. The molecule has 5 rings (SSSR count). The lowest BCUT2D eigenvalue weighted by molar-refractivity contribution is 0.0895. The van der Waals surface area contributed by atoms with Gasteiger partial charge >= 0.3 is 0 Å². The Labute approximate surface area is 169 Å². The molecule has 0 unspecified atom stereocenters. The van der Waals surface area contributed by atoms with Crippen molar-refractivity contribution in [1.82, 2.24) is 15.3 Å². The van der Waals surface area contributed by atoms with Gasteiger partial charge in [-0.05, 0) is 31.5 Å². The van der Waals surface area contributed by atoms with Gasteiger partial charge in [-0.1, -0.05) is 42.5 Å². The van der Waals surface area contributed by atoms with Gasteiger partial charge < -0.3 is 20.5 Å². The maximum atomic E-state index is 12.7. The predicted octanol–water partition coefficient (Wildman–Crippen LogP) is 4.00. The van der Waals surface area contributed by atoms with E-state index in [-0.39, 0.29) is 5.91 Å². The number of aromatic nitrogens is 2. The molecule has 146 valence electrons. The Hall–Kier alpha value is -3.54. The molecule has 0 fully saturated rings. The lowest BCUT2D eigenvalue weighted by Crippen LogP contribution is -2.60. The summed E-state index contributed by atoms with van der Waals surface area (Å²) in [5.74, 6) is 1.62. The van der Waals surface area contributed by atoms with Crippen LogP contribution >= 0.6 is 0 Å². The minimum atomic E-state index is -0.551.